The van der Waals surface area contributed by atoms with Crippen LogP contribution in [0.15, 0.2) is 24.4 Å². The number of carbonyl (C=O) groups excluding carboxylic acids is 1. The lowest BCUT2D eigenvalue weighted by atomic mass is 10.2. The van der Waals surface area contributed by atoms with Crippen molar-refractivity contribution in [2.24, 2.45) is 0 Å². The first kappa shape index (κ1) is 15.0. The smallest absolute Gasteiger partial charge is 0.274 e. The van der Waals surface area contributed by atoms with E-state index in [0.717, 1.165) is 44.0 Å². The Hall–Kier alpha value is -2.57. The molecule has 4 heterocycles. The minimum atomic E-state index is 0.0410. The third kappa shape index (κ3) is 2.70. The number of aromatic nitrogens is 3. The Morgan fingerprint density at radius 3 is 2.67 bits per heavy atom. The minimum Gasteiger partial charge on any atom is -0.495 e. The molecule has 2 aromatic heterocycles. The quantitative estimate of drug-likeness (QED) is 0.847. The van der Waals surface area contributed by atoms with Gasteiger partial charge >= 0.3 is 0 Å². The minimum absolute atomic E-state index is 0.0410. The standard InChI is InChI=1S/C17H21N5O2/c1-24-14-4-5-16(18-12-14)20-7-9-21(10-8-20)17(23)15-11-13-3-2-6-22(13)19-15/h4-5,11-12H,2-3,6-10H2,1H3. The van der Waals surface area contributed by atoms with Crippen LogP contribution in [0.3, 0.4) is 0 Å². The van der Waals surface area contributed by atoms with Gasteiger partial charge in [0.15, 0.2) is 5.69 Å². The number of anilines is 1. The van der Waals surface area contributed by atoms with E-state index in [4.69, 9.17) is 4.74 Å². The summed E-state index contributed by atoms with van der Waals surface area (Å²) in [6, 6.07) is 5.81. The third-order valence-corrected chi connectivity index (χ3v) is 4.73. The Balaban J connectivity index is 1.38. The number of fused-ring (bicyclic) bond motifs is 1. The summed E-state index contributed by atoms with van der Waals surface area (Å²) < 4.78 is 7.10. The van der Waals surface area contributed by atoms with Gasteiger partial charge in [0.25, 0.3) is 5.91 Å². The average Bonchev–Trinajstić information content (AvgIpc) is 3.23. The second kappa shape index (κ2) is 6.14. The molecule has 1 saturated heterocycles. The maximum atomic E-state index is 12.6. The Morgan fingerprint density at radius 2 is 2.00 bits per heavy atom. The van der Waals surface area contributed by atoms with Crippen molar-refractivity contribution in [3.63, 3.8) is 0 Å². The Bertz CT molecular complexity index is 710. The van der Waals surface area contributed by atoms with E-state index in [1.54, 1.807) is 13.3 Å². The van der Waals surface area contributed by atoms with Crippen LogP contribution < -0.4 is 9.64 Å². The van der Waals surface area contributed by atoms with E-state index < -0.39 is 0 Å². The number of carbonyl (C=O) groups is 1. The molecule has 7 heteroatoms. The van der Waals surface area contributed by atoms with E-state index in [1.165, 1.54) is 5.69 Å². The highest BCUT2D eigenvalue weighted by molar-refractivity contribution is 5.92. The number of hydrogen-bond donors (Lipinski definition) is 0. The van der Waals surface area contributed by atoms with E-state index >= 15 is 0 Å². The number of hydrogen-bond acceptors (Lipinski definition) is 5. The van der Waals surface area contributed by atoms with E-state index in [2.05, 4.69) is 15.0 Å². The molecule has 2 aliphatic rings. The topological polar surface area (TPSA) is 63.5 Å². The fourth-order valence-electron chi connectivity index (χ4n) is 3.35. The van der Waals surface area contributed by atoms with Gasteiger partial charge in [0.2, 0.25) is 0 Å². The highest BCUT2D eigenvalue weighted by Gasteiger charge is 2.26. The van der Waals surface area contributed by atoms with Gasteiger partial charge < -0.3 is 14.5 Å². The lowest BCUT2D eigenvalue weighted by Gasteiger charge is -2.35. The molecule has 0 N–H and O–H groups in total. The van der Waals surface area contributed by atoms with Gasteiger partial charge in [-0.2, -0.15) is 5.10 Å². The fourth-order valence-corrected chi connectivity index (χ4v) is 3.35. The van der Waals surface area contributed by atoms with Crippen LogP contribution in [0, 0.1) is 0 Å². The molecule has 0 saturated carbocycles. The average molecular weight is 327 g/mol. The van der Waals surface area contributed by atoms with Crippen molar-refractivity contribution in [2.45, 2.75) is 19.4 Å². The maximum Gasteiger partial charge on any atom is 0.274 e. The predicted octanol–water partition coefficient (Wildman–Crippen LogP) is 1.20. The highest BCUT2D eigenvalue weighted by Crippen LogP contribution is 2.19. The molecule has 1 fully saturated rings. The first-order valence-corrected chi connectivity index (χ1v) is 8.35. The molecule has 24 heavy (non-hydrogen) atoms. The summed E-state index contributed by atoms with van der Waals surface area (Å²) in [6.07, 6.45) is 3.88. The molecular formula is C17H21N5O2. The molecule has 0 unspecified atom stereocenters. The van der Waals surface area contributed by atoms with Gasteiger partial charge in [0, 0.05) is 38.4 Å². The van der Waals surface area contributed by atoms with Crippen molar-refractivity contribution in [1.82, 2.24) is 19.7 Å². The fraction of sp³-hybridized carbons (Fsp3) is 0.471. The lowest BCUT2D eigenvalue weighted by molar-refractivity contribution is 0.0739. The van der Waals surface area contributed by atoms with Crippen LogP contribution in [0.25, 0.3) is 0 Å². The SMILES string of the molecule is COc1ccc(N2CCN(C(=O)c3cc4n(n3)CCC4)CC2)nc1. The molecule has 2 aromatic rings. The molecule has 0 aliphatic carbocycles. The number of aryl methyl sites for hydroxylation is 2. The first-order valence-electron chi connectivity index (χ1n) is 8.35. The van der Waals surface area contributed by atoms with Gasteiger partial charge in [-0.25, -0.2) is 4.98 Å². The van der Waals surface area contributed by atoms with Crippen molar-refractivity contribution in [2.75, 3.05) is 38.2 Å². The van der Waals surface area contributed by atoms with Crippen LogP contribution in [0.2, 0.25) is 0 Å². The van der Waals surface area contributed by atoms with Crippen LogP contribution in [0.5, 0.6) is 5.75 Å². The molecule has 0 spiro atoms. The Kier molecular flexibility index (Phi) is 3.84. The van der Waals surface area contributed by atoms with Crippen molar-refractivity contribution in [3.8, 4) is 5.75 Å². The Morgan fingerprint density at radius 1 is 1.17 bits per heavy atom. The van der Waals surface area contributed by atoms with Gasteiger partial charge in [0.1, 0.15) is 11.6 Å². The molecule has 0 aromatic carbocycles. The zero-order valence-corrected chi connectivity index (χ0v) is 13.8. The van der Waals surface area contributed by atoms with Crippen LogP contribution in [0.1, 0.15) is 22.6 Å². The van der Waals surface area contributed by atoms with Gasteiger partial charge in [-0.05, 0) is 31.0 Å². The third-order valence-electron chi connectivity index (χ3n) is 4.73. The van der Waals surface area contributed by atoms with Crippen LogP contribution in [0.4, 0.5) is 5.82 Å². The van der Waals surface area contributed by atoms with E-state index in [-0.39, 0.29) is 5.91 Å². The first-order chi connectivity index (χ1) is 11.7. The molecule has 0 bridgehead atoms. The molecule has 0 radical (unpaired) electrons. The molecule has 2 aliphatic heterocycles. The zero-order chi connectivity index (χ0) is 16.5. The van der Waals surface area contributed by atoms with Gasteiger partial charge in [-0.1, -0.05) is 0 Å². The monoisotopic (exact) mass is 327 g/mol. The number of ether oxygens (including phenoxy) is 1. The molecule has 126 valence electrons. The second-order valence-corrected chi connectivity index (χ2v) is 6.18. The number of methoxy groups -OCH3 is 1. The number of pyridine rings is 1. The summed E-state index contributed by atoms with van der Waals surface area (Å²) in [4.78, 5) is 21.1. The number of nitrogens with zero attached hydrogens (tertiary/aromatic N) is 5. The number of amides is 1. The summed E-state index contributed by atoms with van der Waals surface area (Å²) >= 11 is 0. The van der Waals surface area contributed by atoms with Crippen molar-refractivity contribution in [3.05, 3.63) is 35.8 Å². The van der Waals surface area contributed by atoms with Crippen LogP contribution in [-0.2, 0) is 13.0 Å². The Labute approximate surface area is 140 Å². The summed E-state index contributed by atoms with van der Waals surface area (Å²) in [5, 5.41) is 4.45. The number of piperazine rings is 1. The molecule has 0 atom stereocenters. The van der Waals surface area contributed by atoms with E-state index in [9.17, 15) is 4.79 Å². The largest absolute Gasteiger partial charge is 0.495 e. The molecular weight excluding hydrogens is 306 g/mol. The van der Waals surface area contributed by atoms with Gasteiger partial charge in [-0.15, -0.1) is 0 Å². The van der Waals surface area contributed by atoms with E-state index in [1.807, 2.05) is 27.8 Å². The van der Waals surface area contributed by atoms with Crippen LogP contribution in [-0.4, -0.2) is 58.9 Å². The second-order valence-electron chi connectivity index (χ2n) is 6.18. The molecule has 1 amide bonds. The lowest BCUT2D eigenvalue weighted by Crippen LogP contribution is -2.49. The predicted molar refractivity (Wildman–Crippen MR) is 89.5 cm³/mol. The number of rotatable bonds is 3. The van der Waals surface area contributed by atoms with E-state index in [0.29, 0.717) is 18.8 Å². The summed E-state index contributed by atoms with van der Waals surface area (Å²) in [5.41, 5.74) is 1.76. The normalized spacial score (nSPS) is 17.0. The summed E-state index contributed by atoms with van der Waals surface area (Å²) in [5.74, 6) is 1.71. The van der Waals surface area contributed by atoms with Gasteiger partial charge in [-0.3, -0.25) is 9.48 Å². The molecule has 7 nitrogen and oxygen atoms in total. The van der Waals surface area contributed by atoms with Gasteiger partial charge in [0.05, 0.1) is 13.3 Å². The zero-order valence-electron chi connectivity index (χ0n) is 13.8. The highest BCUT2D eigenvalue weighted by atomic mass is 16.5. The summed E-state index contributed by atoms with van der Waals surface area (Å²) in [7, 11) is 1.63. The summed E-state index contributed by atoms with van der Waals surface area (Å²) in [6.45, 7) is 3.86. The van der Waals surface area contributed by atoms with Crippen molar-refractivity contribution >= 4 is 11.7 Å². The maximum absolute atomic E-state index is 12.6. The van der Waals surface area contributed by atoms with Crippen molar-refractivity contribution in [1.29, 1.82) is 0 Å². The molecule has 4 rings (SSSR count). The van der Waals surface area contributed by atoms with Crippen LogP contribution >= 0.6 is 0 Å². The van der Waals surface area contributed by atoms with Crippen molar-refractivity contribution < 1.29 is 9.53 Å².